The fourth-order valence-electron chi connectivity index (χ4n) is 4.04. The zero-order chi connectivity index (χ0) is 8.89. The standard InChI is InChI=1S/C12H21N/c13-8-12(6-9-1-2-9)7-10-3-4-11(12)5-10/h9-11H,1-8,13H2. The van der Waals surface area contributed by atoms with Crippen LogP contribution in [-0.2, 0) is 0 Å². The summed E-state index contributed by atoms with van der Waals surface area (Å²) in [6.07, 6.45) is 10.5. The van der Waals surface area contributed by atoms with E-state index < -0.39 is 0 Å². The van der Waals surface area contributed by atoms with Crippen LogP contribution >= 0.6 is 0 Å². The molecule has 0 spiro atoms. The molecule has 3 fully saturated rings. The summed E-state index contributed by atoms with van der Waals surface area (Å²) in [5.41, 5.74) is 6.65. The maximum Gasteiger partial charge on any atom is -0.00177 e. The number of rotatable bonds is 3. The topological polar surface area (TPSA) is 26.0 Å². The van der Waals surface area contributed by atoms with Crippen molar-refractivity contribution in [3.63, 3.8) is 0 Å². The molecule has 2 N–H and O–H groups in total. The van der Waals surface area contributed by atoms with Gasteiger partial charge in [-0.1, -0.05) is 19.3 Å². The maximum atomic E-state index is 6.03. The van der Waals surface area contributed by atoms with Crippen LogP contribution in [0.1, 0.15) is 44.9 Å². The summed E-state index contributed by atoms with van der Waals surface area (Å²) in [6.45, 7) is 0.977. The predicted molar refractivity (Wildman–Crippen MR) is 54.3 cm³/mol. The van der Waals surface area contributed by atoms with Gasteiger partial charge < -0.3 is 5.73 Å². The van der Waals surface area contributed by atoms with E-state index >= 15 is 0 Å². The van der Waals surface area contributed by atoms with Gasteiger partial charge in [-0.3, -0.25) is 0 Å². The second-order valence-corrected chi connectivity index (χ2v) is 5.79. The summed E-state index contributed by atoms with van der Waals surface area (Å²) in [5, 5.41) is 0. The first kappa shape index (κ1) is 8.28. The molecule has 0 aliphatic heterocycles. The second-order valence-electron chi connectivity index (χ2n) is 5.79. The van der Waals surface area contributed by atoms with Crippen LogP contribution in [0.3, 0.4) is 0 Å². The van der Waals surface area contributed by atoms with Gasteiger partial charge in [0.15, 0.2) is 0 Å². The van der Waals surface area contributed by atoms with Gasteiger partial charge in [-0.25, -0.2) is 0 Å². The average Bonchev–Trinajstić information content (AvgIpc) is 2.74. The lowest BCUT2D eigenvalue weighted by Crippen LogP contribution is -2.36. The van der Waals surface area contributed by atoms with E-state index in [0.29, 0.717) is 5.41 Å². The number of nitrogens with two attached hydrogens (primary N) is 1. The lowest BCUT2D eigenvalue weighted by molar-refractivity contribution is 0.148. The largest absolute Gasteiger partial charge is 0.330 e. The van der Waals surface area contributed by atoms with Crippen molar-refractivity contribution in [3.05, 3.63) is 0 Å². The van der Waals surface area contributed by atoms with Crippen molar-refractivity contribution in [3.8, 4) is 0 Å². The molecule has 3 atom stereocenters. The number of hydrogen-bond donors (Lipinski definition) is 1. The Morgan fingerprint density at radius 1 is 1.15 bits per heavy atom. The van der Waals surface area contributed by atoms with E-state index in [0.717, 1.165) is 24.3 Å². The highest BCUT2D eigenvalue weighted by Gasteiger charge is 2.51. The summed E-state index contributed by atoms with van der Waals surface area (Å²) >= 11 is 0. The van der Waals surface area contributed by atoms with Crippen LogP contribution in [0.2, 0.25) is 0 Å². The van der Waals surface area contributed by atoms with Crippen molar-refractivity contribution in [1.29, 1.82) is 0 Å². The van der Waals surface area contributed by atoms with Gasteiger partial charge >= 0.3 is 0 Å². The number of hydrogen-bond acceptors (Lipinski definition) is 1. The molecule has 13 heavy (non-hydrogen) atoms. The van der Waals surface area contributed by atoms with E-state index in [4.69, 9.17) is 5.73 Å². The molecule has 0 aromatic carbocycles. The zero-order valence-electron chi connectivity index (χ0n) is 8.47. The van der Waals surface area contributed by atoms with E-state index in [1.54, 1.807) is 0 Å². The quantitative estimate of drug-likeness (QED) is 0.708. The van der Waals surface area contributed by atoms with Gasteiger partial charge in [-0.05, 0) is 55.4 Å². The highest BCUT2D eigenvalue weighted by atomic mass is 14.7. The smallest absolute Gasteiger partial charge is 0.00177 e. The predicted octanol–water partition coefficient (Wildman–Crippen LogP) is 2.55. The molecule has 0 saturated heterocycles. The van der Waals surface area contributed by atoms with Gasteiger partial charge in [0.2, 0.25) is 0 Å². The first-order valence-electron chi connectivity index (χ1n) is 6.02. The van der Waals surface area contributed by atoms with Gasteiger partial charge in [0, 0.05) is 0 Å². The van der Waals surface area contributed by atoms with Crippen LogP contribution in [0.4, 0.5) is 0 Å². The molecule has 3 aliphatic carbocycles. The molecule has 0 aromatic heterocycles. The minimum absolute atomic E-state index is 0.615. The van der Waals surface area contributed by atoms with Crippen molar-refractivity contribution >= 4 is 0 Å². The Labute approximate surface area is 81.1 Å². The van der Waals surface area contributed by atoms with Crippen molar-refractivity contribution in [2.75, 3.05) is 6.54 Å². The Hall–Kier alpha value is -0.0400. The molecular weight excluding hydrogens is 158 g/mol. The molecule has 0 heterocycles. The van der Waals surface area contributed by atoms with Crippen molar-refractivity contribution in [2.45, 2.75) is 44.9 Å². The van der Waals surface area contributed by atoms with Gasteiger partial charge in [-0.15, -0.1) is 0 Å². The average molecular weight is 179 g/mol. The molecule has 2 bridgehead atoms. The Balaban J connectivity index is 1.75. The third-order valence-corrected chi connectivity index (χ3v) is 4.90. The molecule has 3 rings (SSSR count). The fourth-order valence-corrected chi connectivity index (χ4v) is 4.04. The van der Waals surface area contributed by atoms with Crippen LogP contribution in [0.5, 0.6) is 0 Å². The van der Waals surface area contributed by atoms with Gasteiger partial charge in [0.05, 0.1) is 0 Å². The normalized spacial score (nSPS) is 48.7. The van der Waals surface area contributed by atoms with Crippen molar-refractivity contribution in [1.82, 2.24) is 0 Å². The Bertz CT molecular complexity index is 209. The molecule has 0 radical (unpaired) electrons. The molecule has 3 unspecified atom stereocenters. The zero-order valence-corrected chi connectivity index (χ0v) is 8.47. The lowest BCUT2D eigenvalue weighted by Gasteiger charge is -2.37. The summed E-state index contributed by atoms with van der Waals surface area (Å²) in [6, 6.07) is 0. The SMILES string of the molecule is NCC1(CC2CC2)CC2CCC1C2. The number of fused-ring (bicyclic) bond motifs is 2. The lowest BCUT2D eigenvalue weighted by atomic mass is 9.70. The molecule has 1 heteroatoms. The van der Waals surface area contributed by atoms with Crippen LogP contribution in [-0.4, -0.2) is 6.54 Å². The molecule has 0 amide bonds. The molecule has 74 valence electrons. The molecular formula is C12H21N. The molecule has 3 aliphatic rings. The monoisotopic (exact) mass is 179 g/mol. The minimum atomic E-state index is 0.615. The van der Waals surface area contributed by atoms with E-state index in [1.807, 2.05) is 0 Å². The van der Waals surface area contributed by atoms with Crippen molar-refractivity contribution in [2.24, 2.45) is 28.9 Å². The summed E-state index contributed by atoms with van der Waals surface area (Å²) in [4.78, 5) is 0. The van der Waals surface area contributed by atoms with Crippen LogP contribution in [0.15, 0.2) is 0 Å². The first-order valence-corrected chi connectivity index (χ1v) is 6.02. The molecule has 1 nitrogen and oxygen atoms in total. The summed E-state index contributed by atoms with van der Waals surface area (Å²) in [5.74, 6) is 3.15. The van der Waals surface area contributed by atoms with Crippen molar-refractivity contribution < 1.29 is 0 Å². The van der Waals surface area contributed by atoms with Crippen LogP contribution in [0.25, 0.3) is 0 Å². The Morgan fingerprint density at radius 3 is 2.46 bits per heavy atom. The molecule has 0 aromatic rings. The minimum Gasteiger partial charge on any atom is -0.330 e. The highest BCUT2D eigenvalue weighted by molar-refractivity contribution is 5.02. The second kappa shape index (κ2) is 2.73. The van der Waals surface area contributed by atoms with Crippen LogP contribution < -0.4 is 5.73 Å². The highest BCUT2D eigenvalue weighted by Crippen LogP contribution is 2.59. The van der Waals surface area contributed by atoms with Gasteiger partial charge in [-0.2, -0.15) is 0 Å². The Kier molecular flexibility index (Phi) is 1.74. The van der Waals surface area contributed by atoms with E-state index in [1.165, 1.54) is 44.9 Å². The molecule has 3 saturated carbocycles. The van der Waals surface area contributed by atoms with E-state index in [2.05, 4.69) is 0 Å². The van der Waals surface area contributed by atoms with Crippen LogP contribution in [0, 0.1) is 23.2 Å². The van der Waals surface area contributed by atoms with E-state index in [9.17, 15) is 0 Å². The maximum absolute atomic E-state index is 6.03. The third kappa shape index (κ3) is 1.24. The van der Waals surface area contributed by atoms with E-state index in [-0.39, 0.29) is 0 Å². The third-order valence-electron chi connectivity index (χ3n) is 4.90. The summed E-state index contributed by atoms with van der Waals surface area (Å²) in [7, 11) is 0. The Morgan fingerprint density at radius 2 is 2.00 bits per heavy atom. The van der Waals surface area contributed by atoms with Gasteiger partial charge in [0.25, 0.3) is 0 Å². The summed E-state index contributed by atoms with van der Waals surface area (Å²) < 4.78 is 0. The fraction of sp³-hybridized carbons (Fsp3) is 1.00. The van der Waals surface area contributed by atoms with Gasteiger partial charge in [0.1, 0.15) is 0 Å². The first-order chi connectivity index (χ1) is 6.32.